The SMILES string of the molecule is CC[NH+](CC)CCCN1C(=O)C(=O)C(=C([O-])c2c(C)nc3ccccn23)C1c1cccc(F)c1. The van der Waals surface area contributed by atoms with Gasteiger partial charge in [-0.2, -0.15) is 0 Å². The Balaban J connectivity index is 1.82. The number of benzene rings is 1. The number of likely N-dealkylation sites (tertiary alicyclic amines) is 1. The summed E-state index contributed by atoms with van der Waals surface area (Å²) >= 11 is 0. The van der Waals surface area contributed by atoms with Crippen LogP contribution in [0.25, 0.3) is 11.4 Å². The number of fused-ring (bicyclic) bond motifs is 1. The molecule has 1 unspecified atom stereocenters. The third kappa shape index (κ3) is 4.21. The van der Waals surface area contributed by atoms with E-state index in [9.17, 15) is 19.1 Å². The summed E-state index contributed by atoms with van der Waals surface area (Å²) < 4.78 is 15.8. The molecule has 8 heteroatoms. The molecule has 0 radical (unpaired) electrons. The summed E-state index contributed by atoms with van der Waals surface area (Å²) in [6, 6.07) is 10.2. The number of halogens is 1. The van der Waals surface area contributed by atoms with E-state index in [2.05, 4.69) is 18.8 Å². The largest absolute Gasteiger partial charge is 0.871 e. The smallest absolute Gasteiger partial charge is 0.295 e. The third-order valence-electron chi connectivity index (χ3n) is 6.54. The predicted octanol–water partition coefficient (Wildman–Crippen LogP) is 1.32. The lowest BCUT2D eigenvalue weighted by atomic mass is 9.96. The highest BCUT2D eigenvalue weighted by molar-refractivity contribution is 6.46. The van der Waals surface area contributed by atoms with E-state index in [-0.39, 0.29) is 11.3 Å². The Hall–Kier alpha value is -3.52. The zero-order valence-corrected chi connectivity index (χ0v) is 19.7. The lowest BCUT2D eigenvalue weighted by Gasteiger charge is -2.28. The van der Waals surface area contributed by atoms with Crippen molar-refractivity contribution in [2.45, 2.75) is 33.2 Å². The molecule has 1 N–H and O–H groups in total. The van der Waals surface area contributed by atoms with Crippen LogP contribution in [0.2, 0.25) is 0 Å². The number of carbonyl (C=O) groups is 2. The maximum Gasteiger partial charge on any atom is 0.295 e. The van der Waals surface area contributed by atoms with Crippen molar-refractivity contribution >= 4 is 23.1 Å². The van der Waals surface area contributed by atoms with Crippen LogP contribution in [0.4, 0.5) is 4.39 Å². The number of nitrogens with zero attached hydrogens (tertiary/aromatic N) is 3. The van der Waals surface area contributed by atoms with Crippen LogP contribution in [0.1, 0.15) is 43.3 Å². The third-order valence-corrected chi connectivity index (χ3v) is 6.54. The highest BCUT2D eigenvalue weighted by Gasteiger charge is 2.44. The Bertz CT molecular complexity index is 1260. The first-order valence-electron chi connectivity index (χ1n) is 11.7. The molecule has 3 heterocycles. The minimum atomic E-state index is -0.941. The molecule has 2 aromatic heterocycles. The molecule has 1 aliphatic heterocycles. The van der Waals surface area contributed by atoms with E-state index in [0.29, 0.717) is 29.9 Å². The van der Waals surface area contributed by atoms with Crippen LogP contribution in [-0.4, -0.2) is 52.2 Å². The zero-order valence-electron chi connectivity index (χ0n) is 19.7. The van der Waals surface area contributed by atoms with Gasteiger partial charge in [-0.05, 0) is 50.6 Å². The molecule has 0 aliphatic carbocycles. The van der Waals surface area contributed by atoms with Crippen molar-refractivity contribution in [2.24, 2.45) is 0 Å². The Morgan fingerprint density at radius 2 is 1.91 bits per heavy atom. The molecular formula is C26H29FN4O3. The number of quaternary nitrogens is 1. The fraction of sp³-hybridized carbons (Fsp3) is 0.346. The fourth-order valence-electron chi connectivity index (χ4n) is 4.74. The number of aryl methyl sites for hydroxylation is 1. The normalized spacial score (nSPS) is 17.9. The van der Waals surface area contributed by atoms with Crippen LogP contribution in [-0.2, 0) is 9.59 Å². The summed E-state index contributed by atoms with van der Waals surface area (Å²) in [7, 11) is 0. The van der Waals surface area contributed by atoms with Gasteiger partial charge in [0.1, 0.15) is 11.5 Å². The van der Waals surface area contributed by atoms with E-state index in [1.807, 2.05) is 6.07 Å². The van der Waals surface area contributed by atoms with Gasteiger partial charge in [0.15, 0.2) is 0 Å². The first-order valence-corrected chi connectivity index (χ1v) is 11.7. The van der Waals surface area contributed by atoms with Crippen molar-refractivity contribution in [2.75, 3.05) is 26.2 Å². The van der Waals surface area contributed by atoms with Gasteiger partial charge in [-0.1, -0.05) is 24.0 Å². The second kappa shape index (κ2) is 9.77. The second-order valence-electron chi connectivity index (χ2n) is 8.56. The quantitative estimate of drug-likeness (QED) is 0.310. The Labute approximate surface area is 198 Å². The van der Waals surface area contributed by atoms with Gasteiger partial charge in [0.25, 0.3) is 5.91 Å². The number of ketones is 1. The molecule has 1 saturated heterocycles. The molecule has 178 valence electrons. The molecule has 0 spiro atoms. The van der Waals surface area contributed by atoms with Crippen molar-refractivity contribution in [1.82, 2.24) is 14.3 Å². The minimum absolute atomic E-state index is 0.153. The highest BCUT2D eigenvalue weighted by Crippen LogP contribution is 2.39. The topological polar surface area (TPSA) is 82.2 Å². The fourth-order valence-corrected chi connectivity index (χ4v) is 4.74. The average Bonchev–Trinajstić information content (AvgIpc) is 3.29. The monoisotopic (exact) mass is 464 g/mol. The summed E-state index contributed by atoms with van der Waals surface area (Å²) in [5.41, 5.74) is 1.53. The van der Waals surface area contributed by atoms with Crippen LogP contribution in [0, 0.1) is 12.7 Å². The van der Waals surface area contributed by atoms with Crippen molar-refractivity contribution in [1.29, 1.82) is 0 Å². The molecule has 0 bridgehead atoms. The standard InChI is InChI=1S/C26H29FN4O3/c1-4-29(5-2)13-9-15-31-23(18-10-8-11-19(27)16-18)21(25(33)26(31)34)24(32)22-17(3)28-20-12-6-7-14-30(20)22/h6-8,10-12,14,16,23,32H,4-5,9,13,15H2,1-3H3. The number of Topliss-reactive ketones (excluding diaryl/α,β-unsaturated/α-hetero) is 1. The van der Waals surface area contributed by atoms with Crippen LogP contribution >= 0.6 is 0 Å². The lowest BCUT2D eigenvalue weighted by molar-refractivity contribution is -0.896. The Morgan fingerprint density at radius 3 is 2.62 bits per heavy atom. The first kappa shape index (κ1) is 23.6. The number of rotatable bonds is 8. The number of carbonyl (C=O) groups excluding carboxylic acids is 2. The second-order valence-corrected chi connectivity index (χ2v) is 8.56. The van der Waals surface area contributed by atoms with Crippen molar-refractivity contribution in [3.63, 3.8) is 0 Å². The van der Waals surface area contributed by atoms with Gasteiger partial charge in [0.2, 0.25) is 5.78 Å². The van der Waals surface area contributed by atoms with Gasteiger partial charge < -0.3 is 19.3 Å². The zero-order chi connectivity index (χ0) is 24.4. The van der Waals surface area contributed by atoms with Gasteiger partial charge in [-0.15, -0.1) is 0 Å². The summed E-state index contributed by atoms with van der Waals surface area (Å²) in [5, 5.41) is 13.8. The maximum atomic E-state index is 14.2. The highest BCUT2D eigenvalue weighted by atomic mass is 19.1. The number of pyridine rings is 1. The number of hydrogen-bond acceptors (Lipinski definition) is 4. The van der Waals surface area contributed by atoms with E-state index in [4.69, 9.17) is 0 Å². The summed E-state index contributed by atoms with van der Waals surface area (Å²) in [5.74, 6) is -2.60. The van der Waals surface area contributed by atoms with E-state index < -0.39 is 29.3 Å². The molecule has 34 heavy (non-hydrogen) atoms. The van der Waals surface area contributed by atoms with Gasteiger partial charge in [-0.25, -0.2) is 9.37 Å². The molecule has 0 saturated carbocycles. The number of amides is 1. The maximum absolute atomic E-state index is 14.2. The Kier molecular flexibility index (Phi) is 6.79. The predicted molar refractivity (Wildman–Crippen MR) is 124 cm³/mol. The van der Waals surface area contributed by atoms with E-state index in [0.717, 1.165) is 19.6 Å². The lowest BCUT2D eigenvalue weighted by Crippen LogP contribution is -3.11. The van der Waals surface area contributed by atoms with Gasteiger partial charge in [0, 0.05) is 24.7 Å². The summed E-state index contributed by atoms with van der Waals surface area (Å²) in [6.07, 6.45) is 2.37. The molecular weight excluding hydrogens is 435 g/mol. The molecule has 4 rings (SSSR count). The number of hydrogen-bond donors (Lipinski definition) is 1. The van der Waals surface area contributed by atoms with Crippen molar-refractivity contribution < 1.29 is 24.0 Å². The molecule has 3 aromatic rings. The first-order chi connectivity index (χ1) is 16.4. The van der Waals surface area contributed by atoms with Crippen LogP contribution in [0.15, 0.2) is 54.2 Å². The van der Waals surface area contributed by atoms with Crippen LogP contribution in [0.5, 0.6) is 0 Å². The summed E-state index contributed by atoms with van der Waals surface area (Å²) in [6.45, 7) is 8.95. The van der Waals surface area contributed by atoms with Gasteiger partial charge in [-0.3, -0.25) is 9.59 Å². The van der Waals surface area contributed by atoms with Gasteiger partial charge >= 0.3 is 0 Å². The van der Waals surface area contributed by atoms with Gasteiger partial charge in [0.05, 0.1) is 37.1 Å². The number of aromatic nitrogens is 2. The van der Waals surface area contributed by atoms with Crippen LogP contribution < -0.4 is 10.0 Å². The van der Waals surface area contributed by atoms with E-state index >= 15 is 0 Å². The molecule has 1 aliphatic rings. The molecule has 1 aromatic carbocycles. The van der Waals surface area contributed by atoms with Crippen LogP contribution in [0.3, 0.4) is 0 Å². The van der Waals surface area contributed by atoms with Crippen molar-refractivity contribution in [3.8, 4) is 0 Å². The minimum Gasteiger partial charge on any atom is -0.871 e. The molecule has 1 atom stereocenters. The number of nitrogens with one attached hydrogen (secondary N) is 1. The summed E-state index contributed by atoms with van der Waals surface area (Å²) in [4.78, 5) is 33.5. The van der Waals surface area contributed by atoms with E-state index in [1.165, 1.54) is 28.0 Å². The Morgan fingerprint density at radius 1 is 1.15 bits per heavy atom. The molecule has 1 amide bonds. The average molecular weight is 465 g/mol. The number of imidazole rings is 1. The molecule has 1 fully saturated rings. The van der Waals surface area contributed by atoms with E-state index in [1.54, 1.807) is 35.7 Å². The molecule has 7 nitrogen and oxygen atoms in total. The van der Waals surface area contributed by atoms with Crippen molar-refractivity contribution in [3.05, 3.63) is 77.0 Å².